The van der Waals surface area contributed by atoms with Gasteiger partial charge in [0.15, 0.2) is 5.82 Å². The SMILES string of the molecule is COc1ccc(-c2nncn2CC(C)C)c(N)c1. The van der Waals surface area contributed by atoms with Gasteiger partial charge in [-0.15, -0.1) is 10.2 Å². The average molecular weight is 246 g/mol. The zero-order valence-electron chi connectivity index (χ0n) is 10.9. The van der Waals surface area contributed by atoms with Crippen LogP contribution in [0.25, 0.3) is 11.4 Å². The summed E-state index contributed by atoms with van der Waals surface area (Å²) in [5.74, 6) is 2.06. The molecule has 0 saturated carbocycles. The first-order chi connectivity index (χ1) is 8.61. The maximum atomic E-state index is 6.03. The van der Waals surface area contributed by atoms with Gasteiger partial charge in [0, 0.05) is 23.9 Å². The Hall–Kier alpha value is -2.04. The van der Waals surface area contributed by atoms with Gasteiger partial charge in [0.25, 0.3) is 0 Å². The van der Waals surface area contributed by atoms with Gasteiger partial charge in [-0.3, -0.25) is 0 Å². The summed E-state index contributed by atoms with van der Waals surface area (Å²) in [6, 6.07) is 5.58. The second kappa shape index (κ2) is 5.08. The lowest BCUT2D eigenvalue weighted by Gasteiger charge is -2.11. The summed E-state index contributed by atoms with van der Waals surface area (Å²) < 4.78 is 7.16. The van der Waals surface area contributed by atoms with Crippen LogP contribution in [0.2, 0.25) is 0 Å². The molecule has 0 atom stereocenters. The molecule has 0 radical (unpaired) electrons. The number of hydrogen-bond acceptors (Lipinski definition) is 4. The summed E-state index contributed by atoms with van der Waals surface area (Å²) in [5, 5.41) is 8.11. The molecule has 0 bridgehead atoms. The number of aromatic nitrogens is 3. The van der Waals surface area contributed by atoms with Crippen LogP contribution >= 0.6 is 0 Å². The molecule has 2 N–H and O–H groups in total. The topological polar surface area (TPSA) is 66.0 Å². The van der Waals surface area contributed by atoms with E-state index >= 15 is 0 Å². The highest BCUT2D eigenvalue weighted by Gasteiger charge is 2.12. The van der Waals surface area contributed by atoms with Crippen LogP contribution in [0.4, 0.5) is 5.69 Å². The Labute approximate surface area is 107 Å². The van der Waals surface area contributed by atoms with Gasteiger partial charge in [-0.25, -0.2) is 0 Å². The van der Waals surface area contributed by atoms with Crippen LogP contribution in [0.5, 0.6) is 5.75 Å². The van der Waals surface area contributed by atoms with Crippen LogP contribution in [0.3, 0.4) is 0 Å². The third kappa shape index (κ3) is 2.45. The van der Waals surface area contributed by atoms with Crippen molar-refractivity contribution in [3.63, 3.8) is 0 Å². The van der Waals surface area contributed by atoms with Crippen molar-refractivity contribution in [2.75, 3.05) is 12.8 Å². The van der Waals surface area contributed by atoms with Gasteiger partial charge in [-0.05, 0) is 18.1 Å². The molecule has 0 saturated heterocycles. The Morgan fingerprint density at radius 1 is 1.39 bits per heavy atom. The number of nitrogen functional groups attached to an aromatic ring is 1. The lowest BCUT2D eigenvalue weighted by molar-refractivity contribution is 0.415. The molecule has 18 heavy (non-hydrogen) atoms. The summed E-state index contributed by atoms with van der Waals surface area (Å²) in [6.45, 7) is 5.18. The Morgan fingerprint density at radius 3 is 2.78 bits per heavy atom. The molecule has 96 valence electrons. The second-order valence-corrected chi connectivity index (χ2v) is 4.65. The fourth-order valence-electron chi connectivity index (χ4n) is 1.86. The number of nitrogens with two attached hydrogens (primary N) is 1. The molecule has 5 heteroatoms. The number of nitrogens with zero attached hydrogens (tertiary/aromatic N) is 3. The fourth-order valence-corrected chi connectivity index (χ4v) is 1.86. The van der Waals surface area contributed by atoms with E-state index in [1.54, 1.807) is 19.5 Å². The van der Waals surface area contributed by atoms with Gasteiger partial charge in [0.2, 0.25) is 0 Å². The second-order valence-electron chi connectivity index (χ2n) is 4.65. The number of methoxy groups -OCH3 is 1. The minimum atomic E-state index is 0.527. The van der Waals surface area contributed by atoms with Crippen LogP contribution in [0, 0.1) is 5.92 Å². The molecule has 0 aliphatic rings. The van der Waals surface area contributed by atoms with Crippen LogP contribution in [-0.2, 0) is 6.54 Å². The van der Waals surface area contributed by atoms with E-state index in [4.69, 9.17) is 10.5 Å². The molecule has 1 aromatic carbocycles. The Kier molecular flexibility index (Phi) is 3.50. The van der Waals surface area contributed by atoms with Crippen LogP contribution in [0.1, 0.15) is 13.8 Å². The van der Waals surface area contributed by atoms with Crippen LogP contribution in [-0.4, -0.2) is 21.9 Å². The highest BCUT2D eigenvalue weighted by Crippen LogP contribution is 2.28. The molecule has 2 aromatic rings. The Bertz CT molecular complexity index is 534. The molecular weight excluding hydrogens is 228 g/mol. The molecule has 0 fully saturated rings. The summed E-state index contributed by atoms with van der Waals surface area (Å²) in [6.07, 6.45) is 1.74. The number of rotatable bonds is 4. The monoisotopic (exact) mass is 246 g/mol. The maximum absolute atomic E-state index is 6.03. The zero-order chi connectivity index (χ0) is 13.1. The summed E-state index contributed by atoms with van der Waals surface area (Å²) in [4.78, 5) is 0. The first-order valence-electron chi connectivity index (χ1n) is 5.93. The smallest absolute Gasteiger partial charge is 0.165 e. The Morgan fingerprint density at radius 2 is 2.17 bits per heavy atom. The van der Waals surface area contributed by atoms with E-state index in [9.17, 15) is 0 Å². The van der Waals surface area contributed by atoms with E-state index in [1.165, 1.54) is 0 Å². The maximum Gasteiger partial charge on any atom is 0.165 e. The van der Waals surface area contributed by atoms with Crippen molar-refractivity contribution < 1.29 is 4.74 Å². The van der Waals surface area contributed by atoms with Gasteiger partial charge < -0.3 is 15.0 Å². The van der Waals surface area contributed by atoms with Crippen molar-refractivity contribution >= 4 is 5.69 Å². The Balaban J connectivity index is 2.39. The van der Waals surface area contributed by atoms with Gasteiger partial charge in [-0.2, -0.15) is 0 Å². The summed E-state index contributed by atoms with van der Waals surface area (Å²) in [5.41, 5.74) is 7.56. The van der Waals surface area contributed by atoms with E-state index in [0.717, 1.165) is 23.7 Å². The van der Waals surface area contributed by atoms with Crippen LogP contribution in [0.15, 0.2) is 24.5 Å². The molecule has 1 aromatic heterocycles. The highest BCUT2D eigenvalue weighted by molar-refractivity contribution is 5.73. The molecule has 0 aliphatic heterocycles. The van der Waals surface area contributed by atoms with Crippen molar-refractivity contribution in [2.24, 2.45) is 5.92 Å². The lowest BCUT2D eigenvalue weighted by Crippen LogP contribution is -2.06. The minimum absolute atomic E-state index is 0.527. The standard InChI is InChI=1S/C13H18N4O/c1-9(2)7-17-8-15-16-13(17)11-5-4-10(18-3)6-12(11)14/h4-6,8-9H,7,14H2,1-3H3. The van der Waals surface area contributed by atoms with Crippen molar-refractivity contribution in [3.8, 4) is 17.1 Å². The zero-order valence-corrected chi connectivity index (χ0v) is 10.9. The molecular formula is C13H18N4O. The molecule has 0 aliphatic carbocycles. The first-order valence-corrected chi connectivity index (χ1v) is 5.93. The third-order valence-electron chi connectivity index (χ3n) is 2.68. The number of anilines is 1. The van der Waals surface area contributed by atoms with Crippen molar-refractivity contribution in [1.29, 1.82) is 0 Å². The molecule has 0 spiro atoms. The third-order valence-corrected chi connectivity index (χ3v) is 2.68. The van der Waals surface area contributed by atoms with Gasteiger partial charge in [0.05, 0.1) is 7.11 Å². The van der Waals surface area contributed by atoms with Crippen LogP contribution < -0.4 is 10.5 Å². The van der Waals surface area contributed by atoms with E-state index in [-0.39, 0.29) is 0 Å². The summed E-state index contributed by atoms with van der Waals surface area (Å²) in [7, 11) is 1.62. The highest BCUT2D eigenvalue weighted by atomic mass is 16.5. The largest absolute Gasteiger partial charge is 0.497 e. The first kappa shape index (κ1) is 12.4. The van der Waals surface area contributed by atoms with Gasteiger partial charge in [0.1, 0.15) is 12.1 Å². The quantitative estimate of drug-likeness (QED) is 0.840. The van der Waals surface area contributed by atoms with E-state index in [1.807, 2.05) is 16.7 Å². The summed E-state index contributed by atoms with van der Waals surface area (Å²) >= 11 is 0. The lowest BCUT2D eigenvalue weighted by atomic mass is 10.1. The number of benzene rings is 1. The molecule has 1 heterocycles. The molecule has 2 rings (SSSR count). The van der Waals surface area contributed by atoms with Gasteiger partial charge >= 0.3 is 0 Å². The molecule has 5 nitrogen and oxygen atoms in total. The van der Waals surface area contributed by atoms with Crippen molar-refractivity contribution in [3.05, 3.63) is 24.5 Å². The van der Waals surface area contributed by atoms with Gasteiger partial charge in [-0.1, -0.05) is 13.8 Å². The molecule has 0 amide bonds. The fraction of sp³-hybridized carbons (Fsp3) is 0.385. The number of ether oxygens (including phenoxy) is 1. The molecule has 0 unspecified atom stereocenters. The predicted molar refractivity (Wildman–Crippen MR) is 71.3 cm³/mol. The van der Waals surface area contributed by atoms with Crippen molar-refractivity contribution in [2.45, 2.75) is 20.4 Å². The van der Waals surface area contributed by atoms with E-state index in [0.29, 0.717) is 11.6 Å². The average Bonchev–Trinajstić information content (AvgIpc) is 2.76. The minimum Gasteiger partial charge on any atom is -0.497 e. The van der Waals surface area contributed by atoms with E-state index < -0.39 is 0 Å². The normalized spacial score (nSPS) is 10.9. The predicted octanol–water partition coefficient (Wildman–Crippen LogP) is 2.19. The van der Waals surface area contributed by atoms with E-state index in [2.05, 4.69) is 24.0 Å². The number of hydrogen-bond donors (Lipinski definition) is 1. The van der Waals surface area contributed by atoms with Crippen molar-refractivity contribution in [1.82, 2.24) is 14.8 Å².